The summed E-state index contributed by atoms with van der Waals surface area (Å²) in [7, 11) is 0. The Balaban J connectivity index is 1.58. The zero-order valence-corrected chi connectivity index (χ0v) is 11.5. The minimum atomic E-state index is -0.0611. The Labute approximate surface area is 111 Å². The summed E-state index contributed by atoms with van der Waals surface area (Å²) in [6.45, 7) is 3.65. The molecule has 0 aromatic heterocycles. The number of aliphatic hydroxyl groups excluding tert-OH is 1. The molecule has 1 saturated carbocycles. The van der Waals surface area contributed by atoms with Gasteiger partial charge in [0.2, 0.25) is 0 Å². The largest absolute Gasteiger partial charge is 0.391 e. The van der Waals surface area contributed by atoms with E-state index in [1.807, 2.05) is 0 Å². The molecule has 4 atom stereocenters. The molecule has 18 heavy (non-hydrogen) atoms. The summed E-state index contributed by atoms with van der Waals surface area (Å²) in [4.78, 5) is 2.61. The van der Waals surface area contributed by atoms with Crippen molar-refractivity contribution in [3.63, 3.8) is 0 Å². The summed E-state index contributed by atoms with van der Waals surface area (Å²) in [6, 6.07) is 1.22. The van der Waals surface area contributed by atoms with E-state index in [9.17, 15) is 5.11 Å². The summed E-state index contributed by atoms with van der Waals surface area (Å²) >= 11 is 0. The van der Waals surface area contributed by atoms with Gasteiger partial charge in [-0.1, -0.05) is 12.8 Å². The summed E-state index contributed by atoms with van der Waals surface area (Å²) in [5, 5.41) is 13.9. The summed E-state index contributed by atoms with van der Waals surface area (Å²) < 4.78 is 0. The lowest BCUT2D eigenvalue weighted by Crippen LogP contribution is -2.52. The van der Waals surface area contributed by atoms with E-state index in [1.165, 1.54) is 64.6 Å². The van der Waals surface area contributed by atoms with Gasteiger partial charge in [-0.3, -0.25) is 4.90 Å². The Bertz CT molecular complexity index is 265. The van der Waals surface area contributed by atoms with Crippen LogP contribution in [0.15, 0.2) is 0 Å². The molecule has 2 heterocycles. The van der Waals surface area contributed by atoms with Gasteiger partial charge in [0.05, 0.1) is 6.10 Å². The molecule has 3 aliphatic rings. The fourth-order valence-electron chi connectivity index (χ4n) is 4.30. The summed E-state index contributed by atoms with van der Waals surface area (Å²) in [5.74, 6) is 0.829. The molecule has 2 saturated heterocycles. The van der Waals surface area contributed by atoms with Crippen LogP contribution in [0.1, 0.15) is 51.4 Å². The van der Waals surface area contributed by atoms with Crippen LogP contribution in [-0.2, 0) is 0 Å². The number of likely N-dealkylation sites (tertiary alicyclic amines) is 1. The van der Waals surface area contributed by atoms with Crippen LogP contribution in [0, 0.1) is 5.92 Å². The number of nitrogens with zero attached hydrogens (tertiary/aromatic N) is 1. The van der Waals surface area contributed by atoms with Crippen molar-refractivity contribution in [3.8, 4) is 0 Å². The molecule has 0 aromatic rings. The van der Waals surface area contributed by atoms with E-state index in [0.717, 1.165) is 18.4 Å². The lowest BCUT2D eigenvalue weighted by Gasteiger charge is -2.43. The third kappa shape index (κ3) is 2.73. The summed E-state index contributed by atoms with van der Waals surface area (Å²) in [6.07, 6.45) is 10.1. The van der Waals surface area contributed by atoms with Crippen LogP contribution in [0.4, 0.5) is 0 Å². The molecule has 2 N–H and O–H groups in total. The van der Waals surface area contributed by atoms with Crippen molar-refractivity contribution in [2.24, 2.45) is 5.92 Å². The van der Waals surface area contributed by atoms with Gasteiger partial charge in [-0.2, -0.15) is 0 Å². The van der Waals surface area contributed by atoms with Gasteiger partial charge in [-0.15, -0.1) is 0 Å². The lowest BCUT2D eigenvalue weighted by atomic mass is 9.85. The van der Waals surface area contributed by atoms with E-state index in [1.54, 1.807) is 0 Å². The van der Waals surface area contributed by atoms with Crippen LogP contribution in [0.5, 0.6) is 0 Å². The van der Waals surface area contributed by atoms with Gasteiger partial charge in [0.1, 0.15) is 0 Å². The van der Waals surface area contributed by atoms with Crippen LogP contribution in [-0.4, -0.2) is 47.8 Å². The maximum Gasteiger partial charge on any atom is 0.0695 e. The highest BCUT2D eigenvalue weighted by Gasteiger charge is 2.35. The maximum absolute atomic E-state index is 10.2. The third-order valence-corrected chi connectivity index (χ3v) is 5.32. The molecule has 0 bridgehead atoms. The smallest absolute Gasteiger partial charge is 0.0695 e. The molecule has 104 valence electrons. The van der Waals surface area contributed by atoms with Crippen molar-refractivity contribution in [1.82, 2.24) is 10.2 Å². The first-order valence-electron chi connectivity index (χ1n) is 8.00. The van der Waals surface area contributed by atoms with Crippen LogP contribution in [0.2, 0.25) is 0 Å². The molecule has 3 rings (SSSR count). The van der Waals surface area contributed by atoms with Crippen LogP contribution in [0.25, 0.3) is 0 Å². The second-order valence-electron chi connectivity index (χ2n) is 6.52. The molecule has 2 aliphatic heterocycles. The van der Waals surface area contributed by atoms with E-state index in [2.05, 4.69) is 10.2 Å². The molecule has 4 unspecified atom stereocenters. The molecule has 0 aromatic carbocycles. The number of hydrogen-bond donors (Lipinski definition) is 2. The van der Waals surface area contributed by atoms with Crippen molar-refractivity contribution in [2.45, 2.75) is 69.6 Å². The van der Waals surface area contributed by atoms with Gasteiger partial charge in [0, 0.05) is 18.6 Å². The number of hydrogen-bond acceptors (Lipinski definition) is 3. The Morgan fingerprint density at radius 3 is 2.61 bits per heavy atom. The first-order chi connectivity index (χ1) is 8.84. The second-order valence-corrected chi connectivity index (χ2v) is 6.52. The van der Waals surface area contributed by atoms with Crippen molar-refractivity contribution < 1.29 is 5.11 Å². The predicted octanol–water partition coefficient (Wildman–Crippen LogP) is 1.75. The lowest BCUT2D eigenvalue weighted by molar-refractivity contribution is -0.00337. The van der Waals surface area contributed by atoms with Crippen molar-refractivity contribution in [2.75, 3.05) is 19.6 Å². The highest BCUT2D eigenvalue weighted by atomic mass is 16.3. The van der Waals surface area contributed by atoms with Gasteiger partial charge >= 0.3 is 0 Å². The topological polar surface area (TPSA) is 35.5 Å². The molecular formula is C15H28N2O. The van der Waals surface area contributed by atoms with E-state index in [0.29, 0.717) is 6.04 Å². The van der Waals surface area contributed by atoms with Gasteiger partial charge in [-0.05, 0) is 57.5 Å². The van der Waals surface area contributed by atoms with E-state index in [-0.39, 0.29) is 6.10 Å². The first-order valence-corrected chi connectivity index (χ1v) is 8.00. The zero-order chi connectivity index (χ0) is 12.4. The average molecular weight is 252 g/mol. The average Bonchev–Trinajstić information content (AvgIpc) is 2.93. The molecule has 3 heteroatoms. The van der Waals surface area contributed by atoms with Gasteiger partial charge in [0.25, 0.3) is 0 Å². The molecule has 0 radical (unpaired) electrons. The minimum absolute atomic E-state index is 0.0611. The zero-order valence-electron chi connectivity index (χ0n) is 11.5. The Morgan fingerprint density at radius 1 is 0.944 bits per heavy atom. The quantitative estimate of drug-likeness (QED) is 0.786. The molecule has 0 amide bonds. The highest BCUT2D eigenvalue weighted by molar-refractivity contribution is 4.91. The number of aliphatic hydroxyl groups is 1. The van der Waals surface area contributed by atoms with Crippen LogP contribution < -0.4 is 5.32 Å². The normalized spacial score (nSPS) is 43.2. The van der Waals surface area contributed by atoms with E-state index in [4.69, 9.17) is 0 Å². The first kappa shape index (κ1) is 12.9. The fraction of sp³-hybridized carbons (Fsp3) is 1.00. The van der Waals surface area contributed by atoms with Crippen LogP contribution >= 0.6 is 0 Å². The van der Waals surface area contributed by atoms with E-state index >= 15 is 0 Å². The SMILES string of the molecule is OC1CCCCC1N1CCCC(C2CCCN2)C1. The monoisotopic (exact) mass is 252 g/mol. The standard InChI is InChI=1S/C15H28N2O/c18-15-8-2-1-7-14(15)17-10-4-5-12(11-17)13-6-3-9-16-13/h12-16,18H,1-11H2. The number of piperidine rings is 1. The maximum atomic E-state index is 10.2. The highest BCUT2D eigenvalue weighted by Crippen LogP contribution is 2.30. The fourth-order valence-corrected chi connectivity index (χ4v) is 4.30. The van der Waals surface area contributed by atoms with Gasteiger partial charge in [-0.25, -0.2) is 0 Å². The van der Waals surface area contributed by atoms with Crippen molar-refractivity contribution in [3.05, 3.63) is 0 Å². The van der Waals surface area contributed by atoms with E-state index < -0.39 is 0 Å². The van der Waals surface area contributed by atoms with Gasteiger partial charge in [0.15, 0.2) is 0 Å². The molecule has 1 aliphatic carbocycles. The Morgan fingerprint density at radius 2 is 1.83 bits per heavy atom. The van der Waals surface area contributed by atoms with Crippen LogP contribution in [0.3, 0.4) is 0 Å². The molecule has 3 nitrogen and oxygen atoms in total. The molecule has 3 fully saturated rings. The second kappa shape index (κ2) is 5.89. The third-order valence-electron chi connectivity index (χ3n) is 5.32. The summed E-state index contributed by atoms with van der Waals surface area (Å²) in [5.41, 5.74) is 0. The predicted molar refractivity (Wildman–Crippen MR) is 73.6 cm³/mol. The molecular weight excluding hydrogens is 224 g/mol. The van der Waals surface area contributed by atoms with Gasteiger partial charge < -0.3 is 10.4 Å². The van der Waals surface area contributed by atoms with Crippen molar-refractivity contribution >= 4 is 0 Å². The Kier molecular flexibility index (Phi) is 4.22. The number of rotatable bonds is 2. The molecule has 0 spiro atoms. The number of nitrogens with one attached hydrogen (secondary N) is 1. The Hall–Kier alpha value is -0.120. The van der Waals surface area contributed by atoms with Crippen molar-refractivity contribution in [1.29, 1.82) is 0 Å². The minimum Gasteiger partial charge on any atom is -0.391 e.